The summed E-state index contributed by atoms with van der Waals surface area (Å²) < 4.78 is 6.29. The molecule has 0 saturated heterocycles. The molecule has 0 aliphatic heterocycles. The van der Waals surface area contributed by atoms with Crippen LogP contribution in [-0.4, -0.2) is 13.2 Å². The highest BCUT2D eigenvalue weighted by molar-refractivity contribution is 9.10. The molecule has 80 valence electrons. The number of hydrogen-bond acceptors (Lipinski definition) is 2. The Morgan fingerprint density at radius 1 is 1.60 bits per heavy atom. The molecule has 0 fully saturated rings. The molecule has 0 aliphatic rings. The van der Waals surface area contributed by atoms with Crippen LogP contribution in [0.15, 0.2) is 22.7 Å². The maximum Gasteiger partial charge on any atom is 0.123 e. The predicted molar refractivity (Wildman–Crippen MR) is 65.8 cm³/mol. The van der Waals surface area contributed by atoms with Crippen LogP contribution in [0.4, 0.5) is 0 Å². The summed E-state index contributed by atoms with van der Waals surface area (Å²) in [6, 6.07) is 5.97. The van der Waals surface area contributed by atoms with Crippen LogP contribution in [-0.2, 0) is 6.54 Å². The van der Waals surface area contributed by atoms with Crippen LogP contribution in [0.3, 0.4) is 0 Å². The van der Waals surface area contributed by atoms with Crippen molar-refractivity contribution in [2.24, 2.45) is 0 Å². The highest BCUT2D eigenvalue weighted by Gasteiger charge is 2.04. The van der Waals surface area contributed by atoms with Crippen molar-refractivity contribution in [1.82, 2.24) is 5.32 Å². The van der Waals surface area contributed by atoms with E-state index in [-0.39, 0.29) is 6.04 Å². The smallest absolute Gasteiger partial charge is 0.123 e. The van der Waals surface area contributed by atoms with Crippen LogP contribution in [0.25, 0.3) is 0 Å². The fourth-order valence-corrected chi connectivity index (χ4v) is 1.62. The van der Waals surface area contributed by atoms with Gasteiger partial charge in [0.1, 0.15) is 5.75 Å². The van der Waals surface area contributed by atoms with Gasteiger partial charge in [-0.1, -0.05) is 21.9 Å². The van der Waals surface area contributed by atoms with Gasteiger partial charge in [0.2, 0.25) is 0 Å². The van der Waals surface area contributed by atoms with Crippen molar-refractivity contribution in [3.05, 3.63) is 28.2 Å². The van der Waals surface area contributed by atoms with Crippen LogP contribution < -0.4 is 10.1 Å². The predicted octanol–water partition coefficient (Wildman–Crippen LogP) is 2.57. The molecule has 15 heavy (non-hydrogen) atoms. The Bertz CT molecular complexity index is 370. The Kier molecular flexibility index (Phi) is 4.67. The minimum absolute atomic E-state index is 0.0636. The summed E-state index contributed by atoms with van der Waals surface area (Å²) in [6.45, 7) is 2.65. The molecule has 1 rings (SSSR count). The molecule has 0 heterocycles. The average molecular weight is 268 g/mol. The molecule has 1 N–H and O–H groups in total. The monoisotopic (exact) mass is 267 g/mol. The summed E-state index contributed by atoms with van der Waals surface area (Å²) in [5.74, 6) is 3.49. The maximum atomic E-state index is 5.28. The molecular weight excluding hydrogens is 254 g/mol. The Balaban J connectivity index is 2.75. The first kappa shape index (κ1) is 12.1. The fraction of sp³-hybridized carbons (Fsp3) is 0.333. The maximum absolute atomic E-state index is 5.28. The number of methoxy groups -OCH3 is 1. The van der Waals surface area contributed by atoms with Gasteiger partial charge in [0.05, 0.1) is 13.2 Å². The van der Waals surface area contributed by atoms with Crippen molar-refractivity contribution < 1.29 is 4.74 Å². The number of benzene rings is 1. The minimum Gasteiger partial charge on any atom is -0.496 e. The van der Waals surface area contributed by atoms with Crippen molar-refractivity contribution in [3.8, 4) is 18.1 Å². The van der Waals surface area contributed by atoms with Gasteiger partial charge in [0, 0.05) is 16.6 Å². The molecule has 0 aromatic heterocycles. The van der Waals surface area contributed by atoms with Crippen LogP contribution >= 0.6 is 15.9 Å². The van der Waals surface area contributed by atoms with Gasteiger partial charge < -0.3 is 4.74 Å². The number of halogens is 1. The van der Waals surface area contributed by atoms with E-state index in [9.17, 15) is 0 Å². The van der Waals surface area contributed by atoms with Gasteiger partial charge in [-0.3, -0.25) is 5.32 Å². The van der Waals surface area contributed by atoms with Crippen molar-refractivity contribution in [3.63, 3.8) is 0 Å². The molecular formula is C12H14BrNO. The number of nitrogens with one attached hydrogen (secondary N) is 1. The van der Waals surface area contributed by atoms with Gasteiger partial charge in [0.15, 0.2) is 0 Å². The van der Waals surface area contributed by atoms with E-state index in [0.29, 0.717) is 6.54 Å². The van der Waals surface area contributed by atoms with Crippen molar-refractivity contribution in [2.75, 3.05) is 7.11 Å². The van der Waals surface area contributed by atoms with Gasteiger partial charge >= 0.3 is 0 Å². The molecule has 0 amide bonds. The molecule has 1 aromatic carbocycles. The summed E-state index contributed by atoms with van der Waals surface area (Å²) in [5.41, 5.74) is 1.09. The first-order valence-corrected chi connectivity index (χ1v) is 5.48. The second-order valence-corrected chi connectivity index (χ2v) is 4.14. The van der Waals surface area contributed by atoms with Gasteiger partial charge in [-0.25, -0.2) is 0 Å². The normalized spacial score (nSPS) is 11.9. The summed E-state index contributed by atoms with van der Waals surface area (Å²) >= 11 is 3.43. The quantitative estimate of drug-likeness (QED) is 0.847. The van der Waals surface area contributed by atoms with E-state index in [2.05, 4.69) is 27.2 Å². The van der Waals surface area contributed by atoms with Crippen LogP contribution in [0, 0.1) is 12.3 Å². The van der Waals surface area contributed by atoms with Gasteiger partial charge in [-0.2, -0.15) is 0 Å². The molecule has 0 radical (unpaired) electrons. The first-order valence-electron chi connectivity index (χ1n) is 4.69. The van der Waals surface area contributed by atoms with Crippen molar-refractivity contribution in [1.29, 1.82) is 0 Å². The standard InChI is InChI=1S/C12H14BrNO/c1-4-9(2)14-8-10-7-11(13)5-6-12(10)15-3/h1,5-7,9,14H,8H2,2-3H3. The summed E-state index contributed by atoms with van der Waals surface area (Å²) in [7, 11) is 1.66. The Morgan fingerprint density at radius 2 is 2.33 bits per heavy atom. The minimum atomic E-state index is 0.0636. The second kappa shape index (κ2) is 5.79. The molecule has 0 aliphatic carbocycles. The number of ether oxygens (including phenoxy) is 1. The van der Waals surface area contributed by atoms with Crippen molar-refractivity contribution in [2.45, 2.75) is 19.5 Å². The van der Waals surface area contributed by atoms with Crippen molar-refractivity contribution >= 4 is 15.9 Å². The van der Waals surface area contributed by atoms with E-state index in [0.717, 1.165) is 15.8 Å². The summed E-state index contributed by atoms with van der Waals surface area (Å²) in [4.78, 5) is 0. The van der Waals surface area contributed by atoms with E-state index in [1.165, 1.54) is 0 Å². The zero-order valence-electron chi connectivity index (χ0n) is 8.88. The fourth-order valence-electron chi connectivity index (χ4n) is 1.21. The van der Waals surface area contributed by atoms with Crippen LogP contribution in [0.5, 0.6) is 5.75 Å². The van der Waals surface area contributed by atoms with E-state index in [4.69, 9.17) is 11.2 Å². The Morgan fingerprint density at radius 3 is 2.93 bits per heavy atom. The van der Waals surface area contributed by atoms with E-state index in [1.807, 2.05) is 25.1 Å². The van der Waals surface area contributed by atoms with Crippen LogP contribution in [0.1, 0.15) is 12.5 Å². The number of hydrogen-bond donors (Lipinski definition) is 1. The molecule has 2 nitrogen and oxygen atoms in total. The molecule has 1 unspecified atom stereocenters. The lowest BCUT2D eigenvalue weighted by atomic mass is 10.2. The molecule has 0 spiro atoms. The van der Waals surface area contributed by atoms with E-state index in [1.54, 1.807) is 7.11 Å². The number of terminal acetylenes is 1. The lowest BCUT2D eigenvalue weighted by molar-refractivity contribution is 0.407. The molecule has 1 atom stereocenters. The second-order valence-electron chi connectivity index (χ2n) is 3.23. The topological polar surface area (TPSA) is 21.3 Å². The Labute approximate surface area is 99.2 Å². The highest BCUT2D eigenvalue weighted by atomic mass is 79.9. The van der Waals surface area contributed by atoms with Gasteiger partial charge in [-0.15, -0.1) is 6.42 Å². The molecule has 0 bridgehead atoms. The molecule has 3 heteroatoms. The zero-order valence-corrected chi connectivity index (χ0v) is 10.5. The van der Waals surface area contributed by atoms with E-state index < -0.39 is 0 Å². The lowest BCUT2D eigenvalue weighted by Gasteiger charge is -2.11. The van der Waals surface area contributed by atoms with Gasteiger partial charge in [-0.05, 0) is 25.1 Å². The largest absolute Gasteiger partial charge is 0.496 e. The van der Waals surface area contributed by atoms with Crippen LogP contribution in [0.2, 0.25) is 0 Å². The average Bonchev–Trinajstić information content (AvgIpc) is 2.26. The molecule has 1 aromatic rings. The number of rotatable bonds is 4. The molecule has 0 saturated carbocycles. The summed E-state index contributed by atoms with van der Waals surface area (Å²) in [6.07, 6.45) is 5.28. The zero-order chi connectivity index (χ0) is 11.3. The third-order valence-electron chi connectivity index (χ3n) is 2.09. The first-order chi connectivity index (χ1) is 7.17. The van der Waals surface area contributed by atoms with Gasteiger partial charge in [0.25, 0.3) is 0 Å². The summed E-state index contributed by atoms with van der Waals surface area (Å²) in [5, 5.41) is 3.21. The third-order valence-corrected chi connectivity index (χ3v) is 2.58. The van der Waals surface area contributed by atoms with E-state index >= 15 is 0 Å². The Hall–Kier alpha value is -0.980. The SMILES string of the molecule is C#CC(C)NCc1cc(Br)ccc1OC. The lowest BCUT2D eigenvalue weighted by Crippen LogP contribution is -2.23. The highest BCUT2D eigenvalue weighted by Crippen LogP contribution is 2.22. The third kappa shape index (κ3) is 3.58.